The number of methoxy groups -OCH3 is 1. The molecule has 0 unspecified atom stereocenters. The van der Waals surface area contributed by atoms with Crippen molar-refractivity contribution in [3.8, 4) is 51.7 Å². The third-order valence-corrected chi connectivity index (χ3v) is 5.76. The minimum atomic E-state index is -0.935. The molecular weight excluding hydrogens is 448 g/mol. The van der Waals surface area contributed by atoms with Crippen LogP contribution in [0.1, 0.15) is 34.0 Å². The number of fused-ring (bicyclic) bond motifs is 1. The quantitative estimate of drug-likeness (QED) is 0.216. The predicted molar refractivity (Wildman–Crippen MR) is 117 cm³/mol. The highest BCUT2D eigenvalue weighted by Crippen LogP contribution is 2.48. The zero-order valence-electron chi connectivity index (χ0n) is 17.9. The van der Waals surface area contributed by atoms with Crippen LogP contribution in [0.4, 0.5) is 0 Å². The normalized spacial score (nSPS) is 17.0. The zero-order chi connectivity index (χ0) is 24.7. The summed E-state index contributed by atoms with van der Waals surface area (Å²) in [5.74, 6) is -4.38. The first-order valence-electron chi connectivity index (χ1n) is 10.2. The molecule has 0 aromatic heterocycles. The van der Waals surface area contributed by atoms with Gasteiger partial charge in [-0.25, -0.2) is 0 Å². The van der Waals surface area contributed by atoms with E-state index in [0.717, 1.165) is 18.2 Å². The van der Waals surface area contributed by atoms with E-state index < -0.39 is 46.6 Å². The zero-order valence-corrected chi connectivity index (χ0v) is 17.9. The fourth-order valence-electron chi connectivity index (χ4n) is 4.16. The highest BCUT2D eigenvalue weighted by atomic mass is 16.5. The molecule has 1 aliphatic heterocycles. The molecule has 7 N–H and O–H groups in total. The van der Waals surface area contributed by atoms with Crippen LogP contribution < -0.4 is 9.47 Å². The summed E-state index contributed by atoms with van der Waals surface area (Å²) >= 11 is 0. The number of phenols is 7. The van der Waals surface area contributed by atoms with E-state index in [1.807, 2.05) is 0 Å². The van der Waals surface area contributed by atoms with Crippen molar-refractivity contribution in [3.05, 3.63) is 53.1 Å². The standard InChI is InChI=1S/C24H22O10/c1-33-24-19(30)3-10(4-20(24)31)15(26)5-11-2-14-16(27)8-13(25)9-21(14)34-23(11)12-6-17(28)22(32)18(29)7-12/h3-4,6-9,11,23,25,27-32H,2,5H2,1H3/t11-,23-/m0/s1. The van der Waals surface area contributed by atoms with E-state index >= 15 is 0 Å². The van der Waals surface area contributed by atoms with Gasteiger partial charge in [-0.15, -0.1) is 0 Å². The number of carbonyl (C=O) groups is 1. The van der Waals surface area contributed by atoms with Gasteiger partial charge < -0.3 is 45.2 Å². The van der Waals surface area contributed by atoms with E-state index in [4.69, 9.17) is 9.47 Å². The fourth-order valence-corrected chi connectivity index (χ4v) is 4.16. The summed E-state index contributed by atoms with van der Waals surface area (Å²) < 4.78 is 10.9. The van der Waals surface area contributed by atoms with Crippen molar-refractivity contribution in [2.75, 3.05) is 7.11 Å². The lowest BCUT2D eigenvalue weighted by Crippen LogP contribution is -2.28. The van der Waals surface area contributed by atoms with Crippen LogP contribution in [0.3, 0.4) is 0 Å². The van der Waals surface area contributed by atoms with Crippen LogP contribution in [0.2, 0.25) is 0 Å². The third-order valence-electron chi connectivity index (χ3n) is 5.76. The van der Waals surface area contributed by atoms with Crippen molar-refractivity contribution in [2.45, 2.75) is 18.9 Å². The summed E-state index contributed by atoms with van der Waals surface area (Å²) in [6.45, 7) is 0. The second-order valence-electron chi connectivity index (χ2n) is 8.03. The van der Waals surface area contributed by atoms with E-state index in [0.29, 0.717) is 5.56 Å². The molecule has 0 spiro atoms. The van der Waals surface area contributed by atoms with Gasteiger partial charge >= 0.3 is 0 Å². The first kappa shape index (κ1) is 22.7. The van der Waals surface area contributed by atoms with Gasteiger partial charge in [0.15, 0.2) is 34.5 Å². The molecule has 1 aliphatic rings. The molecule has 0 amide bonds. The Morgan fingerprint density at radius 2 is 1.50 bits per heavy atom. The minimum absolute atomic E-state index is 0.00618. The molecule has 0 radical (unpaired) electrons. The molecule has 1 heterocycles. The third kappa shape index (κ3) is 4.01. The lowest BCUT2D eigenvalue weighted by molar-refractivity contribution is 0.0796. The first-order valence-corrected chi connectivity index (χ1v) is 10.2. The molecule has 10 heteroatoms. The lowest BCUT2D eigenvalue weighted by Gasteiger charge is -2.34. The maximum Gasteiger partial charge on any atom is 0.202 e. The molecule has 0 bridgehead atoms. The number of carbonyl (C=O) groups excluding carboxylic acids is 1. The Morgan fingerprint density at radius 3 is 2.09 bits per heavy atom. The van der Waals surface area contributed by atoms with Crippen molar-refractivity contribution < 1.29 is 50.0 Å². The SMILES string of the molecule is COc1c(O)cc(C(=O)C[C@@H]2Cc3c(O)cc(O)cc3O[C@@H]2c2cc(O)c(O)c(O)c2)cc1O. The molecule has 4 rings (SSSR count). The van der Waals surface area contributed by atoms with Crippen molar-refractivity contribution >= 4 is 5.78 Å². The van der Waals surface area contributed by atoms with Gasteiger partial charge in [0.1, 0.15) is 23.4 Å². The lowest BCUT2D eigenvalue weighted by atomic mass is 9.82. The van der Waals surface area contributed by atoms with Crippen LogP contribution in [0.15, 0.2) is 36.4 Å². The molecule has 0 fully saturated rings. The molecule has 0 saturated heterocycles. The Labute approximate surface area is 193 Å². The molecule has 3 aromatic carbocycles. The summed E-state index contributed by atoms with van der Waals surface area (Å²) in [7, 11) is 1.25. The Balaban J connectivity index is 1.74. The maximum absolute atomic E-state index is 13.1. The number of hydrogen-bond acceptors (Lipinski definition) is 10. The largest absolute Gasteiger partial charge is 0.508 e. The fraction of sp³-hybridized carbons (Fsp3) is 0.208. The van der Waals surface area contributed by atoms with Gasteiger partial charge in [0.2, 0.25) is 5.75 Å². The summed E-state index contributed by atoms with van der Waals surface area (Å²) in [6.07, 6.45) is -0.998. The summed E-state index contributed by atoms with van der Waals surface area (Å²) in [5.41, 5.74) is 0.589. The topological polar surface area (TPSA) is 177 Å². The van der Waals surface area contributed by atoms with Crippen molar-refractivity contribution in [1.29, 1.82) is 0 Å². The number of Topliss-reactive ketones (excluding diaryl/α,β-unsaturated/α-hetero) is 1. The van der Waals surface area contributed by atoms with E-state index in [1.54, 1.807) is 0 Å². The smallest absolute Gasteiger partial charge is 0.202 e. The van der Waals surface area contributed by atoms with Crippen molar-refractivity contribution in [3.63, 3.8) is 0 Å². The van der Waals surface area contributed by atoms with Crippen LogP contribution in [-0.2, 0) is 6.42 Å². The number of hydrogen-bond donors (Lipinski definition) is 7. The van der Waals surface area contributed by atoms with Gasteiger partial charge in [-0.1, -0.05) is 0 Å². The monoisotopic (exact) mass is 470 g/mol. The molecular formula is C24H22O10. The van der Waals surface area contributed by atoms with Crippen LogP contribution in [0, 0.1) is 5.92 Å². The van der Waals surface area contributed by atoms with Crippen molar-refractivity contribution in [1.82, 2.24) is 0 Å². The van der Waals surface area contributed by atoms with Crippen LogP contribution in [0.25, 0.3) is 0 Å². The summed E-state index contributed by atoms with van der Waals surface area (Å²) in [4.78, 5) is 13.1. The van der Waals surface area contributed by atoms with E-state index in [1.165, 1.54) is 25.3 Å². The van der Waals surface area contributed by atoms with Crippen LogP contribution in [-0.4, -0.2) is 48.6 Å². The second kappa shape index (κ2) is 8.47. The van der Waals surface area contributed by atoms with Gasteiger partial charge in [-0.2, -0.15) is 0 Å². The number of benzene rings is 3. The van der Waals surface area contributed by atoms with Gasteiger partial charge in [0, 0.05) is 41.2 Å². The van der Waals surface area contributed by atoms with Gasteiger partial charge in [0.05, 0.1) is 7.11 Å². The molecule has 0 saturated carbocycles. The summed E-state index contributed by atoms with van der Waals surface area (Å²) in [6, 6.07) is 7.09. The summed E-state index contributed by atoms with van der Waals surface area (Å²) in [5, 5.41) is 69.9. The number of ether oxygens (including phenoxy) is 2. The molecule has 178 valence electrons. The Hall–Kier alpha value is -4.47. The first-order chi connectivity index (χ1) is 16.1. The number of phenolic OH excluding ortho intramolecular Hbond substituents is 7. The van der Waals surface area contributed by atoms with Gasteiger partial charge in [-0.3, -0.25) is 4.79 Å². The number of aromatic hydroxyl groups is 7. The second-order valence-corrected chi connectivity index (χ2v) is 8.03. The Bertz CT molecular complexity index is 1240. The molecule has 0 aliphatic carbocycles. The van der Waals surface area contributed by atoms with Gasteiger partial charge in [-0.05, 0) is 30.7 Å². The molecule has 2 atom stereocenters. The number of rotatable bonds is 5. The molecule has 3 aromatic rings. The van der Waals surface area contributed by atoms with E-state index in [2.05, 4.69) is 0 Å². The van der Waals surface area contributed by atoms with Gasteiger partial charge in [0.25, 0.3) is 0 Å². The van der Waals surface area contributed by atoms with E-state index in [-0.39, 0.29) is 47.0 Å². The van der Waals surface area contributed by atoms with E-state index in [9.17, 15) is 40.5 Å². The minimum Gasteiger partial charge on any atom is -0.508 e. The highest BCUT2D eigenvalue weighted by molar-refractivity contribution is 5.97. The van der Waals surface area contributed by atoms with Crippen LogP contribution >= 0.6 is 0 Å². The Kier molecular flexibility index (Phi) is 5.66. The van der Waals surface area contributed by atoms with Crippen molar-refractivity contribution in [2.24, 2.45) is 5.92 Å². The Morgan fingerprint density at radius 1 is 0.882 bits per heavy atom. The number of ketones is 1. The molecule has 10 nitrogen and oxygen atoms in total. The van der Waals surface area contributed by atoms with Crippen LogP contribution in [0.5, 0.6) is 51.7 Å². The predicted octanol–water partition coefficient (Wildman–Crippen LogP) is 3.20. The molecule has 34 heavy (non-hydrogen) atoms. The average Bonchev–Trinajstić information content (AvgIpc) is 2.76. The highest BCUT2D eigenvalue weighted by Gasteiger charge is 2.36. The average molecular weight is 470 g/mol. The maximum atomic E-state index is 13.1.